The first-order valence-corrected chi connectivity index (χ1v) is 6.37. The average Bonchev–Trinajstić information content (AvgIpc) is 2.77. The molecule has 0 unspecified atom stereocenters. The number of rotatable bonds is 2. The molecule has 17 heavy (non-hydrogen) atoms. The number of halogens is 1. The van der Waals surface area contributed by atoms with E-state index in [1.165, 1.54) is 11.3 Å². The zero-order chi connectivity index (χ0) is 12.3. The second-order valence-electron chi connectivity index (χ2n) is 3.25. The van der Waals surface area contributed by atoms with Gasteiger partial charge in [-0.15, -0.1) is 11.3 Å². The summed E-state index contributed by atoms with van der Waals surface area (Å²) >= 11 is 4.68. The van der Waals surface area contributed by atoms with E-state index in [0.717, 1.165) is 3.79 Å². The molecule has 0 atom stereocenters. The van der Waals surface area contributed by atoms with Gasteiger partial charge in [-0.05, 0) is 52.3 Å². The summed E-state index contributed by atoms with van der Waals surface area (Å²) in [4.78, 5) is 12.4. The second kappa shape index (κ2) is 5.13. The Morgan fingerprint density at radius 3 is 2.47 bits per heavy atom. The highest BCUT2D eigenvalue weighted by atomic mass is 79.9. The first-order valence-electron chi connectivity index (χ1n) is 4.76. The van der Waals surface area contributed by atoms with E-state index in [9.17, 15) is 4.79 Å². The van der Waals surface area contributed by atoms with Crippen LogP contribution in [0, 0.1) is 11.3 Å². The highest BCUT2D eigenvalue weighted by molar-refractivity contribution is 9.11. The molecular weight excluding hydrogens is 300 g/mol. The van der Waals surface area contributed by atoms with Gasteiger partial charge < -0.3 is 5.32 Å². The Morgan fingerprint density at radius 1 is 1.24 bits per heavy atom. The van der Waals surface area contributed by atoms with Crippen LogP contribution < -0.4 is 5.32 Å². The Balaban J connectivity index is 2.11. The molecule has 0 fully saturated rings. The number of nitrogens with zero attached hydrogens (tertiary/aromatic N) is 1. The molecule has 0 spiro atoms. The minimum Gasteiger partial charge on any atom is -0.321 e. The molecule has 1 amide bonds. The van der Waals surface area contributed by atoms with Crippen LogP contribution >= 0.6 is 27.3 Å². The Labute approximate surface area is 111 Å². The maximum Gasteiger partial charge on any atom is 0.265 e. The van der Waals surface area contributed by atoms with E-state index in [0.29, 0.717) is 16.1 Å². The van der Waals surface area contributed by atoms with E-state index in [1.54, 1.807) is 30.3 Å². The number of hydrogen-bond acceptors (Lipinski definition) is 3. The molecule has 0 aliphatic rings. The zero-order valence-electron chi connectivity index (χ0n) is 8.61. The monoisotopic (exact) mass is 306 g/mol. The summed E-state index contributed by atoms with van der Waals surface area (Å²) in [6.45, 7) is 0. The molecule has 5 heteroatoms. The van der Waals surface area contributed by atoms with Crippen LogP contribution in [0.5, 0.6) is 0 Å². The van der Waals surface area contributed by atoms with Crippen molar-refractivity contribution in [2.75, 3.05) is 5.32 Å². The van der Waals surface area contributed by atoms with Gasteiger partial charge >= 0.3 is 0 Å². The van der Waals surface area contributed by atoms with E-state index in [4.69, 9.17) is 5.26 Å². The van der Waals surface area contributed by atoms with Crippen molar-refractivity contribution in [3.63, 3.8) is 0 Å². The van der Waals surface area contributed by atoms with Crippen LogP contribution in [-0.4, -0.2) is 5.91 Å². The number of carbonyl (C=O) groups is 1. The number of carbonyl (C=O) groups excluding carboxylic acids is 1. The van der Waals surface area contributed by atoms with Gasteiger partial charge in [0.2, 0.25) is 0 Å². The van der Waals surface area contributed by atoms with Gasteiger partial charge in [0.25, 0.3) is 5.91 Å². The summed E-state index contributed by atoms with van der Waals surface area (Å²) in [5.41, 5.74) is 1.25. The number of thiophene rings is 1. The maximum absolute atomic E-state index is 11.8. The lowest BCUT2D eigenvalue weighted by molar-refractivity contribution is 0.103. The van der Waals surface area contributed by atoms with Crippen LogP contribution in [-0.2, 0) is 0 Å². The second-order valence-corrected chi connectivity index (χ2v) is 5.71. The summed E-state index contributed by atoms with van der Waals surface area (Å²) in [5, 5.41) is 11.4. The highest BCUT2D eigenvalue weighted by Crippen LogP contribution is 2.23. The third-order valence-electron chi connectivity index (χ3n) is 2.07. The largest absolute Gasteiger partial charge is 0.321 e. The van der Waals surface area contributed by atoms with Crippen LogP contribution in [0.25, 0.3) is 0 Å². The molecule has 1 aromatic carbocycles. The number of anilines is 1. The Hall–Kier alpha value is -1.64. The fourth-order valence-corrected chi connectivity index (χ4v) is 2.54. The third-order valence-corrected chi connectivity index (χ3v) is 3.69. The molecule has 0 aliphatic carbocycles. The van der Waals surface area contributed by atoms with Gasteiger partial charge in [-0.1, -0.05) is 0 Å². The van der Waals surface area contributed by atoms with Gasteiger partial charge in [-0.3, -0.25) is 4.79 Å². The van der Waals surface area contributed by atoms with Crippen molar-refractivity contribution in [2.45, 2.75) is 0 Å². The fraction of sp³-hybridized carbons (Fsp3) is 0. The molecule has 0 saturated heterocycles. The standard InChI is InChI=1S/C12H7BrN2OS/c13-11-6-5-10(17-11)12(16)15-9-3-1-8(7-14)2-4-9/h1-6H,(H,15,16). The molecule has 1 heterocycles. The van der Waals surface area contributed by atoms with Gasteiger partial charge in [0.1, 0.15) is 0 Å². The molecule has 1 aromatic heterocycles. The molecule has 0 bridgehead atoms. The van der Waals surface area contributed by atoms with Gasteiger partial charge in [0.15, 0.2) is 0 Å². The van der Waals surface area contributed by atoms with Crippen molar-refractivity contribution >= 4 is 38.9 Å². The van der Waals surface area contributed by atoms with Crippen LogP contribution in [0.1, 0.15) is 15.2 Å². The van der Waals surface area contributed by atoms with E-state index >= 15 is 0 Å². The SMILES string of the molecule is N#Cc1ccc(NC(=O)c2ccc(Br)s2)cc1. The number of benzene rings is 1. The normalized spacial score (nSPS) is 9.65. The van der Waals surface area contributed by atoms with Crippen molar-refractivity contribution in [2.24, 2.45) is 0 Å². The molecule has 1 N–H and O–H groups in total. The van der Waals surface area contributed by atoms with Gasteiger partial charge in [-0.2, -0.15) is 5.26 Å². The van der Waals surface area contributed by atoms with Crippen LogP contribution in [0.3, 0.4) is 0 Å². The molecule has 2 aromatic rings. The van der Waals surface area contributed by atoms with E-state index in [2.05, 4.69) is 21.2 Å². The van der Waals surface area contributed by atoms with Crippen LogP contribution in [0.2, 0.25) is 0 Å². The van der Waals surface area contributed by atoms with Crippen molar-refractivity contribution < 1.29 is 4.79 Å². The molecule has 0 aliphatic heterocycles. The smallest absolute Gasteiger partial charge is 0.265 e. The summed E-state index contributed by atoms with van der Waals surface area (Å²) in [7, 11) is 0. The number of nitriles is 1. The number of amides is 1. The molecule has 0 saturated carbocycles. The minimum absolute atomic E-state index is 0.148. The predicted octanol–water partition coefficient (Wildman–Crippen LogP) is 3.63. The minimum atomic E-state index is -0.148. The lowest BCUT2D eigenvalue weighted by Crippen LogP contribution is -2.09. The van der Waals surface area contributed by atoms with E-state index in [1.807, 2.05) is 12.1 Å². The predicted molar refractivity (Wildman–Crippen MR) is 71.1 cm³/mol. The lowest BCUT2D eigenvalue weighted by atomic mass is 10.2. The zero-order valence-corrected chi connectivity index (χ0v) is 11.0. The van der Waals surface area contributed by atoms with Gasteiger partial charge in [-0.25, -0.2) is 0 Å². The first-order chi connectivity index (χ1) is 8.19. The van der Waals surface area contributed by atoms with Crippen molar-refractivity contribution in [3.05, 3.63) is 50.6 Å². The Bertz CT molecular complexity index is 583. The molecule has 2 rings (SSSR count). The summed E-state index contributed by atoms with van der Waals surface area (Å²) < 4.78 is 0.919. The fourth-order valence-electron chi connectivity index (χ4n) is 1.26. The quantitative estimate of drug-likeness (QED) is 0.921. The number of nitrogens with one attached hydrogen (secondary N) is 1. The van der Waals surface area contributed by atoms with Crippen LogP contribution in [0.15, 0.2) is 40.2 Å². The molecule has 84 valence electrons. The summed E-state index contributed by atoms with van der Waals surface area (Å²) in [6, 6.07) is 12.4. The summed E-state index contributed by atoms with van der Waals surface area (Å²) in [6.07, 6.45) is 0. The molecular formula is C12H7BrN2OS. The van der Waals surface area contributed by atoms with E-state index < -0.39 is 0 Å². The first kappa shape index (κ1) is 11.8. The average molecular weight is 307 g/mol. The van der Waals surface area contributed by atoms with Crippen molar-refractivity contribution in [3.8, 4) is 6.07 Å². The Kier molecular flexibility index (Phi) is 3.57. The van der Waals surface area contributed by atoms with Crippen molar-refractivity contribution in [1.82, 2.24) is 0 Å². The van der Waals surface area contributed by atoms with Gasteiger partial charge in [0.05, 0.1) is 20.3 Å². The van der Waals surface area contributed by atoms with E-state index in [-0.39, 0.29) is 5.91 Å². The van der Waals surface area contributed by atoms with Crippen LogP contribution in [0.4, 0.5) is 5.69 Å². The molecule has 0 radical (unpaired) electrons. The lowest BCUT2D eigenvalue weighted by Gasteiger charge is -2.02. The highest BCUT2D eigenvalue weighted by Gasteiger charge is 2.08. The summed E-state index contributed by atoms with van der Waals surface area (Å²) in [5.74, 6) is -0.148. The topological polar surface area (TPSA) is 52.9 Å². The molecule has 3 nitrogen and oxygen atoms in total. The number of hydrogen-bond donors (Lipinski definition) is 1. The van der Waals surface area contributed by atoms with Gasteiger partial charge in [0, 0.05) is 5.69 Å². The van der Waals surface area contributed by atoms with Crippen molar-refractivity contribution in [1.29, 1.82) is 5.26 Å². The maximum atomic E-state index is 11.8. The Morgan fingerprint density at radius 2 is 1.94 bits per heavy atom. The third kappa shape index (κ3) is 2.93.